The maximum atomic E-state index is 12.9. The Bertz CT molecular complexity index is 674. The van der Waals surface area contributed by atoms with Crippen molar-refractivity contribution in [3.8, 4) is 5.75 Å². The highest BCUT2D eigenvalue weighted by molar-refractivity contribution is 6.31. The third-order valence-electron chi connectivity index (χ3n) is 5.80. The van der Waals surface area contributed by atoms with Gasteiger partial charge in [-0.15, -0.1) is 0 Å². The van der Waals surface area contributed by atoms with Crippen LogP contribution in [0.15, 0.2) is 12.1 Å². The Balaban J connectivity index is 1.54. The molecule has 2 unspecified atom stereocenters. The van der Waals surface area contributed by atoms with Crippen molar-refractivity contribution in [1.29, 1.82) is 0 Å². The molecule has 4 nitrogen and oxygen atoms in total. The molecule has 1 N–H and O–H groups in total. The van der Waals surface area contributed by atoms with Gasteiger partial charge in [-0.25, -0.2) is 0 Å². The third-order valence-corrected chi connectivity index (χ3v) is 6.02. The first-order valence-corrected chi connectivity index (χ1v) is 9.24. The lowest BCUT2D eigenvalue weighted by molar-refractivity contribution is 0.0870. The average Bonchev–Trinajstić information content (AvgIpc) is 2.88. The first-order chi connectivity index (χ1) is 11.3. The van der Waals surface area contributed by atoms with Crippen molar-refractivity contribution in [2.45, 2.75) is 69.7 Å². The summed E-state index contributed by atoms with van der Waals surface area (Å²) in [6.45, 7) is 4.08. The van der Waals surface area contributed by atoms with Crippen molar-refractivity contribution in [1.82, 2.24) is 10.2 Å². The molecular weight excluding hydrogens is 324 g/mol. The fourth-order valence-electron chi connectivity index (χ4n) is 4.63. The lowest BCUT2D eigenvalue weighted by atomic mass is 9.97. The molecule has 4 rings (SSSR count). The molecule has 0 radical (unpaired) electrons. The highest BCUT2D eigenvalue weighted by Gasteiger charge is 2.39. The summed E-state index contributed by atoms with van der Waals surface area (Å²) in [7, 11) is 2.21. The number of ether oxygens (including phenoxy) is 1. The van der Waals surface area contributed by atoms with Gasteiger partial charge < -0.3 is 15.0 Å². The summed E-state index contributed by atoms with van der Waals surface area (Å²) >= 11 is 6.24. The molecule has 1 amide bonds. The number of halogens is 1. The molecule has 3 aliphatic heterocycles. The van der Waals surface area contributed by atoms with Crippen LogP contribution in [-0.4, -0.2) is 41.6 Å². The number of carbonyl (C=O) groups is 1. The van der Waals surface area contributed by atoms with Crippen molar-refractivity contribution in [3.05, 3.63) is 28.3 Å². The lowest BCUT2D eigenvalue weighted by Gasteiger charge is -2.36. The molecule has 2 bridgehead atoms. The van der Waals surface area contributed by atoms with E-state index in [0.29, 0.717) is 28.4 Å². The summed E-state index contributed by atoms with van der Waals surface area (Å²) < 4.78 is 6.03. The van der Waals surface area contributed by atoms with E-state index in [1.807, 2.05) is 19.9 Å². The number of benzene rings is 1. The minimum Gasteiger partial charge on any atom is -0.486 e. The summed E-state index contributed by atoms with van der Waals surface area (Å²) in [6, 6.07) is 5.11. The van der Waals surface area contributed by atoms with E-state index in [0.717, 1.165) is 24.8 Å². The lowest BCUT2D eigenvalue weighted by Crippen LogP contribution is -2.48. The zero-order valence-corrected chi connectivity index (χ0v) is 15.3. The number of nitrogens with zero attached hydrogens (tertiary/aromatic N) is 1. The van der Waals surface area contributed by atoms with Gasteiger partial charge in [-0.1, -0.05) is 11.6 Å². The quantitative estimate of drug-likeness (QED) is 0.890. The van der Waals surface area contributed by atoms with Gasteiger partial charge >= 0.3 is 0 Å². The largest absolute Gasteiger partial charge is 0.486 e. The summed E-state index contributed by atoms with van der Waals surface area (Å²) in [6.07, 6.45) is 5.35. The molecule has 2 saturated heterocycles. The third kappa shape index (κ3) is 2.80. The molecule has 1 aromatic rings. The van der Waals surface area contributed by atoms with Crippen LogP contribution in [0.4, 0.5) is 0 Å². The van der Waals surface area contributed by atoms with Crippen LogP contribution >= 0.6 is 11.6 Å². The van der Waals surface area contributed by atoms with Gasteiger partial charge in [0.15, 0.2) is 0 Å². The van der Waals surface area contributed by atoms with Gasteiger partial charge in [0, 0.05) is 35.1 Å². The molecule has 0 spiro atoms. The van der Waals surface area contributed by atoms with Crippen LogP contribution in [0.5, 0.6) is 5.75 Å². The van der Waals surface area contributed by atoms with E-state index in [1.165, 1.54) is 12.8 Å². The highest BCUT2D eigenvalue weighted by atomic mass is 35.5. The maximum absolute atomic E-state index is 12.9. The van der Waals surface area contributed by atoms with E-state index < -0.39 is 0 Å². The second-order valence-electron chi connectivity index (χ2n) is 8.17. The van der Waals surface area contributed by atoms with Crippen LogP contribution in [0.25, 0.3) is 0 Å². The Labute approximate surface area is 148 Å². The fraction of sp³-hybridized carbons (Fsp3) is 0.632. The van der Waals surface area contributed by atoms with Crippen LogP contribution < -0.4 is 10.1 Å². The molecule has 0 saturated carbocycles. The van der Waals surface area contributed by atoms with Gasteiger partial charge in [0.05, 0.1) is 5.56 Å². The highest BCUT2D eigenvalue weighted by Crippen LogP contribution is 2.40. The average molecular weight is 349 g/mol. The topological polar surface area (TPSA) is 41.6 Å². The zero-order valence-electron chi connectivity index (χ0n) is 14.6. The van der Waals surface area contributed by atoms with Crippen molar-refractivity contribution in [3.63, 3.8) is 0 Å². The molecule has 2 fully saturated rings. The first kappa shape index (κ1) is 16.2. The fourth-order valence-corrected chi connectivity index (χ4v) is 4.87. The predicted octanol–water partition coefficient (Wildman–Crippen LogP) is 3.41. The summed E-state index contributed by atoms with van der Waals surface area (Å²) in [5, 5.41) is 3.84. The smallest absolute Gasteiger partial charge is 0.255 e. The monoisotopic (exact) mass is 348 g/mol. The van der Waals surface area contributed by atoms with Crippen LogP contribution in [0.1, 0.15) is 55.5 Å². The number of nitrogens with one attached hydrogen (secondary N) is 1. The van der Waals surface area contributed by atoms with E-state index in [-0.39, 0.29) is 17.6 Å². The van der Waals surface area contributed by atoms with Gasteiger partial charge in [-0.2, -0.15) is 0 Å². The number of carbonyl (C=O) groups excluding carboxylic acids is 1. The SMILES string of the molecule is CN1C2CCC1CC(NC(=O)c1cc(Cl)cc3c1OC(C)(C)C3)C2. The number of piperidine rings is 1. The van der Waals surface area contributed by atoms with Gasteiger partial charge in [0.2, 0.25) is 0 Å². The zero-order chi connectivity index (χ0) is 17.1. The second kappa shape index (κ2) is 5.63. The first-order valence-electron chi connectivity index (χ1n) is 8.86. The van der Waals surface area contributed by atoms with Crippen molar-refractivity contribution < 1.29 is 9.53 Å². The van der Waals surface area contributed by atoms with Crippen molar-refractivity contribution in [2.75, 3.05) is 7.05 Å². The molecule has 3 heterocycles. The molecule has 3 aliphatic rings. The maximum Gasteiger partial charge on any atom is 0.255 e. The summed E-state index contributed by atoms with van der Waals surface area (Å²) in [5.74, 6) is 0.651. The van der Waals surface area contributed by atoms with E-state index in [4.69, 9.17) is 16.3 Å². The van der Waals surface area contributed by atoms with Crippen LogP contribution in [0, 0.1) is 0 Å². The Morgan fingerprint density at radius 1 is 1.29 bits per heavy atom. The van der Waals surface area contributed by atoms with Crippen LogP contribution in [-0.2, 0) is 6.42 Å². The van der Waals surface area contributed by atoms with E-state index in [9.17, 15) is 4.79 Å². The number of hydrogen-bond donors (Lipinski definition) is 1. The molecule has 24 heavy (non-hydrogen) atoms. The molecule has 5 heteroatoms. The molecule has 0 aliphatic carbocycles. The van der Waals surface area contributed by atoms with Crippen LogP contribution in [0.2, 0.25) is 5.02 Å². The Morgan fingerprint density at radius 3 is 2.62 bits per heavy atom. The van der Waals surface area contributed by atoms with Gasteiger partial charge in [0.25, 0.3) is 5.91 Å². The molecule has 130 valence electrons. The number of fused-ring (bicyclic) bond motifs is 3. The minimum atomic E-state index is -0.283. The molecule has 0 aromatic heterocycles. The number of hydrogen-bond acceptors (Lipinski definition) is 3. The van der Waals surface area contributed by atoms with Crippen molar-refractivity contribution in [2.24, 2.45) is 0 Å². The Kier molecular flexibility index (Phi) is 3.81. The summed E-state index contributed by atoms with van der Waals surface area (Å²) in [4.78, 5) is 15.4. The standard InChI is InChI=1S/C19H25ClN2O2/c1-19(2)10-11-6-12(20)7-16(17(11)24-19)18(23)21-13-8-14-4-5-15(9-13)22(14)3/h6-7,13-15H,4-5,8-10H2,1-3H3,(H,21,23). The normalized spacial score (nSPS) is 30.8. The molecule has 2 atom stereocenters. The van der Waals surface area contributed by atoms with Gasteiger partial charge in [0.1, 0.15) is 11.4 Å². The Morgan fingerprint density at radius 2 is 1.96 bits per heavy atom. The summed E-state index contributed by atoms with van der Waals surface area (Å²) in [5.41, 5.74) is 1.32. The second-order valence-corrected chi connectivity index (χ2v) is 8.61. The van der Waals surface area contributed by atoms with E-state index >= 15 is 0 Å². The Hall–Kier alpha value is -1.26. The van der Waals surface area contributed by atoms with E-state index in [1.54, 1.807) is 6.07 Å². The molecule has 1 aromatic carbocycles. The predicted molar refractivity (Wildman–Crippen MR) is 94.9 cm³/mol. The molecular formula is C19H25ClN2O2. The minimum absolute atomic E-state index is 0.0552. The van der Waals surface area contributed by atoms with Gasteiger partial charge in [-0.3, -0.25) is 4.79 Å². The van der Waals surface area contributed by atoms with E-state index in [2.05, 4.69) is 17.3 Å². The number of amides is 1. The number of rotatable bonds is 2. The van der Waals surface area contributed by atoms with Crippen molar-refractivity contribution >= 4 is 17.5 Å². The van der Waals surface area contributed by atoms with Crippen LogP contribution in [0.3, 0.4) is 0 Å². The van der Waals surface area contributed by atoms with Gasteiger partial charge in [-0.05, 0) is 58.7 Å².